The van der Waals surface area contributed by atoms with Gasteiger partial charge in [-0.1, -0.05) is 0 Å². The number of thiazole rings is 1. The van der Waals surface area contributed by atoms with E-state index in [1.807, 2.05) is 12.1 Å². The topological polar surface area (TPSA) is 65.5 Å². The molecule has 2 aliphatic heterocycles. The molecule has 7 heteroatoms. The second kappa shape index (κ2) is 6.24. The van der Waals surface area contributed by atoms with Crippen LogP contribution in [0.3, 0.4) is 0 Å². The Labute approximate surface area is 150 Å². The lowest BCUT2D eigenvalue weighted by Gasteiger charge is -2.25. The summed E-state index contributed by atoms with van der Waals surface area (Å²) >= 11 is 1.55. The Morgan fingerprint density at radius 1 is 1.24 bits per heavy atom. The fourth-order valence-electron chi connectivity index (χ4n) is 3.34. The lowest BCUT2D eigenvalue weighted by atomic mass is 9.99. The maximum Gasteiger partial charge on any atom is 0.257 e. The quantitative estimate of drug-likeness (QED) is 0.897. The van der Waals surface area contributed by atoms with Crippen LogP contribution in [0.25, 0.3) is 0 Å². The lowest BCUT2D eigenvalue weighted by molar-refractivity contribution is -0.118. The van der Waals surface area contributed by atoms with E-state index in [1.165, 1.54) is 4.88 Å². The number of likely N-dealkylation sites (N-methyl/N-ethyl adjacent to an activating group) is 1. The van der Waals surface area contributed by atoms with Crippen molar-refractivity contribution < 1.29 is 9.59 Å². The van der Waals surface area contributed by atoms with Crippen LogP contribution in [0.2, 0.25) is 0 Å². The van der Waals surface area contributed by atoms with Crippen molar-refractivity contribution in [1.29, 1.82) is 0 Å². The third kappa shape index (κ3) is 3.05. The molecule has 1 N–H and O–H groups in total. The second-order valence-electron chi connectivity index (χ2n) is 6.63. The van der Waals surface area contributed by atoms with E-state index in [1.54, 1.807) is 29.4 Å². The van der Waals surface area contributed by atoms with Crippen LogP contribution in [0, 0.1) is 0 Å². The van der Waals surface area contributed by atoms with Gasteiger partial charge in [0.05, 0.1) is 5.69 Å². The number of fused-ring (bicyclic) bond motifs is 2. The molecule has 25 heavy (non-hydrogen) atoms. The van der Waals surface area contributed by atoms with Gasteiger partial charge in [0.15, 0.2) is 5.13 Å². The molecule has 0 radical (unpaired) electrons. The standard InChI is InChI=1S/C18H20N4O2S/c1-21-8-7-13-15(10-21)25-18(19-13)20-17(24)12-3-5-14-11(9-12)4-6-16(23)22(14)2/h3,5,9H,4,6-8,10H2,1-2H3,(H,19,20,24). The number of aromatic nitrogens is 1. The van der Waals surface area contributed by atoms with Crippen molar-refractivity contribution in [2.24, 2.45) is 0 Å². The van der Waals surface area contributed by atoms with Crippen LogP contribution in [0.4, 0.5) is 10.8 Å². The molecule has 0 saturated carbocycles. The Hall–Kier alpha value is -2.25. The van der Waals surface area contributed by atoms with Gasteiger partial charge in [0.2, 0.25) is 5.91 Å². The number of anilines is 2. The summed E-state index contributed by atoms with van der Waals surface area (Å²) in [5, 5.41) is 3.59. The Morgan fingerprint density at radius 3 is 2.92 bits per heavy atom. The summed E-state index contributed by atoms with van der Waals surface area (Å²) in [7, 11) is 3.87. The van der Waals surface area contributed by atoms with Crippen LogP contribution in [0.15, 0.2) is 18.2 Å². The molecule has 0 fully saturated rings. The first-order valence-electron chi connectivity index (χ1n) is 8.39. The van der Waals surface area contributed by atoms with Gasteiger partial charge in [-0.25, -0.2) is 4.98 Å². The maximum atomic E-state index is 12.6. The van der Waals surface area contributed by atoms with Gasteiger partial charge in [-0.15, -0.1) is 11.3 Å². The first-order valence-corrected chi connectivity index (χ1v) is 9.21. The third-order valence-electron chi connectivity index (χ3n) is 4.83. The highest BCUT2D eigenvalue weighted by atomic mass is 32.1. The Kier molecular flexibility index (Phi) is 4.05. The SMILES string of the molecule is CN1CCc2nc(NC(=O)c3ccc4c(c3)CCC(=O)N4C)sc2C1. The molecule has 3 heterocycles. The van der Waals surface area contributed by atoms with Gasteiger partial charge in [0.25, 0.3) is 5.91 Å². The zero-order valence-corrected chi connectivity index (χ0v) is 15.2. The number of carbonyl (C=O) groups excluding carboxylic acids is 2. The van der Waals surface area contributed by atoms with Crippen molar-refractivity contribution in [3.05, 3.63) is 39.9 Å². The predicted molar refractivity (Wildman–Crippen MR) is 98.3 cm³/mol. The first-order chi connectivity index (χ1) is 12.0. The predicted octanol–water partition coefficient (Wildman–Crippen LogP) is 2.29. The van der Waals surface area contributed by atoms with Crippen molar-refractivity contribution in [3.8, 4) is 0 Å². The normalized spacial score (nSPS) is 17.2. The molecular weight excluding hydrogens is 336 g/mol. The number of hydrogen-bond donors (Lipinski definition) is 1. The van der Waals surface area contributed by atoms with Crippen molar-refractivity contribution in [2.45, 2.75) is 25.8 Å². The number of carbonyl (C=O) groups is 2. The van der Waals surface area contributed by atoms with Gasteiger partial charge >= 0.3 is 0 Å². The van der Waals surface area contributed by atoms with Gasteiger partial charge in [0.1, 0.15) is 0 Å². The van der Waals surface area contributed by atoms with Crippen LogP contribution in [-0.4, -0.2) is 42.3 Å². The molecule has 1 aromatic heterocycles. The van der Waals surface area contributed by atoms with Crippen LogP contribution in [0.5, 0.6) is 0 Å². The van der Waals surface area contributed by atoms with E-state index in [0.717, 1.165) is 36.5 Å². The molecular formula is C18H20N4O2S. The Morgan fingerprint density at radius 2 is 2.08 bits per heavy atom. The van der Waals surface area contributed by atoms with E-state index >= 15 is 0 Å². The number of amides is 2. The van der Waals surface area contributed by atoms with E-state index in [4.69, 9.17) is 0 Å². The lowest BCUT2D eigenvalue weighted by Crippen LogP contribution is -2.31. The van der Waals surface area contributed by atoms with Crippen molar-refractivity contribution in [3.63, 3.8) is 0 Å². The van der Waals surface area contributed by atoms with Crippen molar-refractivity contribution >= 4 is 34.0 Å². The summed E-state index contributed by atoms with van der Waals surface area (Å²) < 4.78 is 0. The van der Waals surface area contributed by atoms with E-state index in [9.17, 15) is 9.59 Å². The monoisotopic (exact) mass is 356 g/mol. The van der Waals surface area contributed by atoms with Crippen molar-refractivity contribution in [1.82, 2.24) is 9.88 Å². The zero-order valence-electron chi connectivity index (χ0n) is 14.3. The second-order valence-corrected chi connectivity index (χ2v) is 7.71. The van der Waals surface area contributed by atoms with E-state index in [-0.39, 0.29) is 11.8 Å². The number of nitrogens with zero attached hydrogens (tertiary/aromatic N) is 3. The van der Waals surface area contributed by atoms with E-state index in [0.29, 0.717) is 23.5 Å². The smallest absolute Gasteiger partial charge is 0.257 e. The van der Waals surface area contributed by atoms with Crippen LogP contribution in [0.1, 0.15) is 32.9 Å². The number of aryl methyl sites for hydroxylation is 1. The summed E-state index contributed by atoms with van der Waals surface area (Å²) in [6, 6.07) is 5.50. The molecule has 2 aromatic rings. The maximum absolute atomic E-state index is 12.6. The zero-order chi connectivity index (χ0) is 17.6. The molecule has 1 aromatic carbocycles. The molecule has 0 spiro atoms. The molecule has 0 aliphatic carbocycles. The average molecular weight is 356 g/mol. The first kappa shape index (κ1) is 16.2. The fourth-order valence-corrected chi connectivity index (χ4v) is 4.43. The summed E-state index contributed by atoms with van der Waals surface area (Å²) in [5.41, 5.74) is 3.63. The molecule has 4 rings (SSSR count). The van der Waals surface area contributed by atoms with E-state index < -0.39 is 0 Å². The largest absolute Gasteiger partial charge is 0.315 e. The minimum absolute atomic E-state index is 0.114. The third-order valence-corrected chi connectivity index (χ3v) is 5.83. The summed E-state index contributed by atoms with van der Waals surface area (Å²) in [6.45, 7) is 1.89. The summed E-state index contributed by atoms with van der Waals surface area (Å²) in [6.07, 6.45) is 2.09. The number of benzene rings is 1. The van der Waals surface area contributed by atoms with Crippen molar-refractivity contribution in [2.75, 3.05) is 30.9 Å². The number of nitrogens with one attached hydrogen (secondary N) is 1. The fraction of sp³-hybridized carbons (Fsp3) is 0.389. The minimum Gasteiger partial charge on any atom is -0.315 e. The van der Waals surface area contributed by atoms with Gasteiger partial charge in [0, 0.05) is 49.1 Å². The molecule has 6 nitrogen and oxygen atoms in total. The highest BCUT2D eigenvalue weighted by Gasteiger charge is 2.23. The minimum atomic E-state index is -0.151. The number of hydrogen-bond acceptors (Lipinski definition) is 5. The summed E-state index contributed by atoms with van der Waals surface area (Å²) in [5.74, 6) is -0.0372. The van der Waals surface area contributed by atoms with Crippen LogP contribution >= 0.6 is 11.3 Å². The van der Waals surface area contributed by atoms with Crippen LogP contribution < -0.4 is 10.2 Å². The van der Waals surface area contributed by atoms with E-state index in [2.05, 4.69) is 22.2 Å². The highest BCUT2D eigenvalue weighted by Crippen LogP contribution is 2.30. The molecule has 0 bridgehead atoms. The molecule has 0 atom stereocenters. The molecule has 0 unspecified atom stereocenters. The number of rotatable bonds is 2. The highest BCUT2D eigenvalue weighted by molar-refractivity contribution is 7.15. The Bertz CT molecular complexity index is 861. The van der Waals surface area contributed by atoms with Gasteiger partial charge < -0.3 is 9.80 Å². The average Bonchev–Trinajstić information content (AvgIpc) is 2.99. The molecule has 2 aliphatic rings. The van der Waals surface area contributed by atoms with Gasteiger partial charge in [-0.2, -0.15) is 0 Å². The summed E-state index contributed by atoms with van der Waals surface area (Å²) in [4.78, 5) is 34.1. The van der Waals surface area contributed by atoms with Gasteiger partial charge in [-0.3, -0.25) is 14.9 Å². The van der Waals surface area contributed by atoms with Crippen LogP contribution in [-0.2, 0) is 24.2 Å². The molecule has 2 amide bonds. The Balaban J connectivity index is 1.53. The van der Waals surface area contributed by atoms with Gasteiger partial charge in [-0.05, 0) is 37.2 Å². The molecule has 0 saturated heterocycles. The molecule has 130 valence electrons.